The number of nitrogens with zero attached hydrogens (tertiary/aromatic N) is 2. The number of carbonyl (C=O) groups excluding carboxylic acids is 1. The Balaban J connectivity index is 1.82. The van der Waals surface area contributed by atoms with Crippen LogP contribution in [0.4, 0.5) is 4.79 Å². The highest BCUT2D eigenvalue weighted by Crippen LogP contribution is 2.17. The zero-order valence-electron chi connectivity index (χ0n) is 12.6. The molecule has 2 heterocycles. The first-order chi connectivity index (χ1) is 10.1. The largest absolute Gasteiger partial charge is 0.480 e. The Kier molecular flexibility index (Phi) is 5.81. The summed E-state index contributed by atoms with van der Waals surface area (Å²) in [5.41, 5.74) is 0. The third-order valence-electron chi connectivity index (χ3n) is 4.19. The molecule has 120 valence electrons. The first-order valence-electron chi connectivity index (χ1n) is 7.72. The first-order valence-corrected chi connectivity index (χ1v) is 7.72. The predicted molar refractivity (Wildman–Crippen MR) is 77.2 cm³/mol. The smallest absolute Gasteiger partial charge is 0.326 e. The van der Waals surface area contributed by atoms with Gasteiger partial charge in [0.25, 0.3) is 0 Å². The van der Waals surface area contributed by atoms with E-state index in [0.29, 0.717) is 25.6 Å². The van der Waals surface area contributed by atoms with Crippen molar-refractivity contribution in [1.29, 1.82) is 0 Å². The van der Waals surface area contributed by atoms with Gasteiger partial charge in [-0.3, -0.25) is 4.90 Å². The Hall–Kier alpha value is -1.34. The van der Waals surface area contributed by atoms with Gasteiger partial charge >= 0.3 is 12.0 Å². The molecule has 2 amide bonds. The number of aliphatic carboxylic acids is 1. The molecule has 0 saturated carbocycles. The Morgan fingerprint density at radius 1 is 1.33 bits per heavy atom. The molecule has 2 fully saturated rings. The summed E-state index contributed by atoms with van der Waals surface area (Å²) < 4.78 is 5.34. The van der Waals surface area contributed by atoms with Crippen LogP contribution < -0.4 is 5.32 Å². The molecule has 21 heavy (non-hydrogen) atoms. The minimum Gasteiger partial charge on any atom is -0.480 e. The Morgan fingerprint density at radius 3 is 2.67 bits per heavy atom. The predicted octanol–water partition coefficient (Wildman–Crippen LogP) is 0.356. The first kappa shape index (κ1) is 16.0. The van der Waals surface area contributed by atoms with E-state index in [2.05, 4.69) is 10.2 Å². The lowest BCUT2D eigenvalue weighted by molar-refractivity contribution is -0.139. The van der Waals surface area contributed by atoms with Gasteiger partial charge < -0.3 is 20.1 Å². The molecule has 2 atom stereocenters. The topological polar surface area (TPSA) is 82.1 Å². The van der Waals surface area contributed by atoms with Crippen LogP contribution >= 0.6 is 0 Å². The molecule has 0 bridgehead atoms. The summed E-state index contributed by atoms with van der Waals surface area (Å²) in [5, 5.41) is 11.7. The molecule has 0 spiro atoms. The second-order valence-electron chi connectivity index (χ2n) is 5.67. The normalized spacial score (nSPS) is 24.8. The summed E-state index contributed by atoms with van der Waals surface area (Å²) in [4.78, 5) is 27.4. The minimum absolute atomic E-state index is 0.258. The van der Waals surface area contributed by atoms with Gasteiger partial charge in [0.1, 0.15) is 6.04 Å². The van der Waals surface area contributed by atoms with Gasteiger partial charge in [0, 0.05) is 32.2 Å². The number of ether oxygens (including phenoxy) is 1. The third kappa shape index (κ3) is 4.31. The Labute approximate surface area is 125 Å². The number of hydrogen-bond donors (Lipinski definition) is 2. The maximum absolute atomic E-state index is 12.2. The molecule has 0 aliphatic carbocycles. The molecule has 0 aromatic heterocycles. The highest BCUT2D eigenvalue weighted by atomic mass is 16.5. The van der Waals surface area contributed by atoms with Gasteiger partial charge in [-0.25, -0.2) is 9.59 Å². The molecule has 2 saturated heterocycles. The van der Waals surface area contributed by atoms with Crippen molar-refractivity contribution in [2.24, 2.45) is 0 Å². The van der Waals surface area contributed by atoms with Gasteiger partial charge in [-0.1, -0.05) is 13.3 Å². The van der Waals surface area contributed by atoms with Crippen molar-refractivity contribution in [2.75, 3.05) is 39.4 Å². The molecule has 2 aliphatic rings. The summed E-state index contributed by atoms with van der Waals surface area (Å²) in [5.74, 6) is -0.964. The minimum atomic E-state index is -0.964. The zero-order chi connectivity index (χ0) is 15.2. The van der Waals surface area contributed by atoms with Crippen LogP contribution in [0.2, 0.25) is 0 Å². The van der Waals surface area contributed by atoms with E-state index in [1.54, 1.807) is 4.90 Å². The quantitative estimate of drug-likeness (QED) is 0.766. The number of carboxylic acid groups (broad SMARTS) is 1. The number of carbonyl (C=O) groups is 2. The lowest BCUT2D eigenvalue weighted by atomic mass is 10.2. The molecule has 0 radical (unpaired) electrons. The van der Waals surface area contributed by atoms with E-state index in [-0.39, 0.29) is 6.03 Å². The number of nitrogens with one attached hydrogen (secondary N) is 1. The van der Waals surface area contributed by atoms with Crippen molar-refractivity contribution in [3.05, 3.63) is 0 Å². The Morgan fingerprint density at radius 2 is 2.05 bits per heavy atom. The van der Waals surface area contributed by atoms with Crippen LogP contribution in [0.3, 0.4) is 0 Å². The van der Waals surface area contributed by atoms with E-state index >= 15 is 0 Å². The summed E-state index contributed by atoms with van der Waals surface area (Å²) in [7, 11) is 0. The van der Waals surface area contributed by atoms with Crippen LogP contribution in [-0.2, 0) is 9.53 Å². The summed E-state index contributed by atoms with van der Waals surface area (Å²) in [6, 6.07) is -0.675. The number of rotatable bonds is 5. The maximum atomic E-state index is 12.2. The summed E-state index contributed by atoms with van der Waals surface area (Å²) in [6.07, 6.45) is 2.13. The van der Waals surface area contributed by atoms with E-state index in [9.17, 15) is 9.59 Å². The van der Waals surface area contributed by atoms with E-state index in [1.807, 2.05) is 6.92 Å². The van der Waals surface area contributed by atoms with E-state index in [0.717, 1.165) is 39.1 Å². The lowest BCUT2D eigenvalue weighted by Crippen LogP contribution is -2.49. The standard InChI is InChI=1S/C14H25N3O4/c1-2-3-12(13(18)19)15-14(20)17-5-4-11(10-17)16-6-8-21-9-7-16/h11-12H,2-10H2,1H3,(H,15,20)(H,18,19)/t11?,12-/m0/s1. The second-order valence-corrected chi connectivity index (χ2v) is 5.67. The number of morpholine rings is 1. The molecule has 0 aromatic rings. The monoisotopic (exact) mass is 299 g/mol. The fraction of sp³-hybridized carbons (Fsp3) is 0.857. The third-order valence-corrected chi connectivity index (χ3v) is 4.19. The van der Waals surface area contributed by atoms with E-state index in [1.165, 1.54) is 0 Å². The van der Waals surface area contributed by atoms with Gasteiger partial charge in [-0.15, -0.1) is 0 Å². The van der Waals surface area contributed by atoms with Crippen LogP contribution in [0.15, 0.2) is 0 Å². The van der Waals surface area contributed by atoms with E-state index in [4.69, 9.17) is 9.84 Å². The molecule has 1 unspecified atom stereocenters. The molecule has 2 N–H and O–H groups in total. The molecule has 7 nitrogen and oxygen atoms in total. The number of carboxylic acids is 1. The molecule has 0 aromatic carbocycles. The van der Waals surface area contributed by atoms with Crippen LogP contribution in [0.5, 0.6) is 0 Å². The number of likely N-dealkylation sites (tertiary alicyclic amines) is 1. The molecule has 2 rings (SSSR count). The molecule has 7 heteroatoms. The molecular formula is C14H25N3O4. The summed E-state index contributed by atoms with van der Waals surface area (Å²) in [6.45, 7) is 6.59. The average molecular weight is 299 g/mol. The van der Waals surface area contributed by atoms with Gasteiger partial charge in [-0.05, 0) is 12.8 Å². The van der Waals surface area contributed by atoms with Crippen LogP contribution in [-0.4, -0.2) is 78.4 Å². The average Bonchev–Trinajstić information content (AvgIpc) is 2.97. The van der Waals surface area contributed by atoms with Crippen molar-refractivity contribution in [1.82, 2.24) is 15.1 Å². The van der Waals surface area contributed by atoms with Gasteiger partial charge in [0.2, 0.25) is 0 Å². The maximum Gasteiger partial charge on any atom is 0.326 e. The SMILES string of the molecule is CCC[C@H](NC(=O)N1CCC(N2CCOCC2)C1)C(=O)O. The second kappa shape index (κ2) is 7.61. The number of amides is 2. The fourth-order valence-corrected chi connectivity index (χ4v) is 2.95. The fourth-order valence-electron chi connectivity index (χ4n) is 2.95. The number of urea groups is 1. The van der Waals surface area contributed by atoms with Crippen LogP contribution in [0, 0.1) is 0 Å². The Bertz CT molecular complexity index is 371. The summed E-state index contributed by atoms with van der Waals surface area (Å²) >= 11 is 0. The van der Waals surface area contributed by atoms with Crippen molar-refractivity contribution in [3.63, 3.8) is 0 Å². The molecular weight excluding hydrogens is 274 g/mol. The van der Waals surface area contributed by atoms with Gasteiger partial charge in [0.05, 0.1) is 13.2 Å². The highest BCUT2D eigenvalue weighted by Gasteiger charge is 2.32. The highest BCUT2D eigenvalue weighted by molar-refractivity contribution is 5.82. The van der Waals surface area contributed by atoms with Crippen molar-refractivity contribution in [3.8, 4) is 0 Å². The van der Waals surface area contributed by atoms with Crippen LogP contribution in [0.1, 0.15) is 26.2 Å². The number of hydrogen-bond acceptors (Lipinski definition) is 4. The van der Waals surface area contributed by atoms with Gasteiger partial charge in [-0.2, -0.15) is 0 Å². The van der Waals surface area contributed by atoms with Gasteiger partial charge in [0.15, 0.2) is 0 Å². The lowest BCUT2D eigenvalue weighted by Gasteiger charge is -2.32. The van der Waals surface area contributed by atoms with Crippen molar-refractivity contribution < 1.29 is 19.4 Å². The van der Waals surface area contributed by atoms with Crippen LogP contribution in [0.25, 0.3) is 0 Å². The molecule has 2 aliphatic heterocycles. The van der Waals surface area contributed by atoms with Crippen molar-refractivity contribution in [2.45, 2.75) is 38.3 Å². The van der Waals surface area contributed by atoms with Crippen molar-refractivity contribution >= 4 is 12.0 Å². The zero-order valence-corrected chi connectivity index (χ0v) is 12.6. The van der Waals surface area contributed by atoms with E-state index < -0.39 is 12.0 Å².